The molecule has 3 aromatic rings. The zero-order valence-electron chi connectivity index (χ0n) is 15.0. The zero-order chi connectivity index (χ0) is 19.0. The molecule has 3 rings (SSSR count). The Balaban J connectivity index is 2.04. The Kier molecular flexibility index (Phi) is 5.34. The molecule has 0 atom stereocenters. The Hall–Kier alpha value is -1.92. The molecule has 0 bridgehead atoms. The largest absolute Gasteiger partial charge is 0.295 e. The molecule has 0 amide bonds. The van der Waals surface area contributed by atoms with Crippen molar-refractivity contribution in [3.05, 3.63) is 77.6 Å². The number of aromatic amines is 1. The number of aryl methyl sites for hydroxylation is 2. The highest BCUT2D eigenvalue weighted by atomic mass is 79.9. The molecule has 0 aliphatic heterocycles. The molecule has 0 spiro atoms. The van der Waals surface area contributed by atoms with Crippen LogP contribution in [-0.4, -0.2) is 16.0 Å². The number of rotatable bonds is 3. The summed E-state index contributed by atoms with van der Waals surface area (Å²) in [6, 6.07) is 9.74. The molecule has 6 heteroatoms. The van der Waals surface area contributed by atoms with Crippen LogP contribution in [0.25, 0.3) is 5.69 Å². The van der Waals surface area contributed by atoms with E-state index < -0.39 is 0 Å². The van der Waals surface area contributed by atoms with Crippen molar-refractivity contribution >= 4 is 43.8 Å². The van der Waals surface area contributed by atoms with Gasteiger partial charge in [0.2, 0.25) is 0 Å². The molecule has 0 fully saturated rings. The molecule has 0 radical (unpaired) electrons. The fraction of sp³-hybridized carbons (Fsp3) is 0.200. The highest BCUT2D eigenvalue weighted by Crippen LogP contribution is 2.25. The first-order valence-corrected chi connectivity index (χ1v) is 9.76. The predicted molar refractivity (Wildman–Crippen MR) is 114 cm³/mol. The van der Waals surface area contributed by atoms with Crippen LogP contribution < -0.4 is 5.56 Å². The van der Waals surface area contributed by atoms with Gasteiger partial charge in [-0.2, -0.15) is 0 Å². The van der Waals surface area contributed by atoms with Gasteiger partial charge in [-0.3, -0.25) is 14.9 Å². The molecular weight excluding hydrogens is 458 g/mol. The first-order chi connectivity index (χ1) is 12.3. The maximum Gasteiger partial charge on any atom is 0.280 e. The van der Waals surface area contributed by atoms with Gasteiger partial charge in [-0.05, 0) is 74.7 Å². The molecule has 1 N–H and O–H groups in total. The average Bonchev–Trinajstić information content (AvgIpc) is 2.88. The lowest BCUT2D eigenvalue weighted by Crippen LogP contribution is -2.18. The number of hydrogen-bond donors (Lipinski definition) is 1. The number of hydrogen-bond acceptors (Lipinski definition) is 2. The van der Waals surface area contributed by atoms with Gasteiger partial charge in [0.05, 0.1) is 16.9 Å². The summed E-state index contributed by atoms with van der Waals surface area (Å²) in [6.45, 7) is 7.93. The SMILES string of the molecule is Cc1cc(N=Cc2c(C)[nH]n(-c3ccc(Br)c(C)c3C)c2=O)ccc1Br. The van der Waals surface area contributed by atoms with Crippen molar-refractivity contribution in [1.29, 1.82) is 0 Å². The van der Waals surface area contributed by atoms with Crippen LogP contribution in [0.3, 0.4) is 0 Å². The third-order valence-electron chi connectivity index (χ3n) is 4.53. The van der Waals surface area contributed by atoms with Crippen molar-refractivity contribution in [3.63, 3.8) is 0 Å². The summed E-state index contributed by atoms with van der Waals surface area (Å²) in [5.74, 6) is 0. The van der Waals surface area contributed by atoms with Crippen molar-refractivity contribution in [2.45, 2.75) is 27.7 Å². The van der Waals surface area contributed by atoms with Crippen LogP contribution >= 0.6 is 31.9 Å². The van der Waals surface area contributed by atoms with Crippen LogP contribution in [0, 0.1) is 27.7 Å². The van der Waals surface area contributed by atoms with E-state index in [0.29, 0.717) is 5.56 Å². The van der Waals surface area contributed by atoms with Gasteiger partial charge in [-0.25, -0.2) is 4.68 Å². The van der Waals surface area contributed by atoms with Gasteiger partial charge in [0.15, 0.2) is 0 Å². The minimum atomic E-state index is -0.107. The molecule has 2 aromatic carbocycles. The summed E-state index contributed by atoms with van der Waals surface area (Å²) >= 11 is 7.01. The molecule has 0 saturated carbocycles. The first kappa shape index (κ1) is 18.9. The second-order valence-electron chi connectivity index (χ2n) is 6.30. The number of H-pyrrole nitrogens is 1. The lowest BCUT2D eigenvalue weighted by Gasteiger charge is -2.10. The van der Waals surface area contributed by atoms with Crippen LogP contribution in [0.2, 0.25) is 0 Å². The van der Waals surface area contributed by atoms with Crippen LogP contribution in [0.1, 0.15) is 27.9 Å². The second kappa shape index (κ2) is 7.37. The van der Waals surface area contributed by atoms with Gasteiger partial charge in [0.1, 0.15) is 0 Å². The van der Waals surface area contributed by atoms with Gasteiger partial charge >= 0.3 is 0 Å². The molecule has 0 aliphatic rings. The topological polar surface area (TPSA) is 50.1 Å². The zero-order valence-corrected chi connectivity index (χ0v) is 18.2. The fourth-order valence-corrected chi connectivity index (χ4v) is 3.42. The Labute approximate surface area is 169 Å². The lowest BCUT2D eigenvalue weighted by molar-refractivity contribution is 0.827. The van der Waals surface area contributed by atoms with Gasteiger partial charge in [-0.1, -0.05) is 31.9 Å². The third-order valence-corrected chi connectivity index (χ3v) is 6.28. The minimum absolute atomic E-state index is 0.107. The van der Waals surface area contributed by atoms with Crippen LogP contribution in [0.15, 0.2) is 49.1 Å². The maximum absolute atomic E-state index is 12.9. The standard InChI is InChI=1S/C20H19Br2N3O/c1-11-9-15(5-6-17(11)21)23-10-16-14(4)24-25(20(16)26)19-8-7-18(22)12(2)13(19)3/h5-10,24H,1-4H3. The molecule has 1 aromatic heterocycles. The Bertz CT molecular complexity index is 1080. The number of aromatic nitrogens is 2. The van der Waals surface area contributed by atoms with Gasteiger partial charge in [0, 0.05) is 20.9 Å². The summed E-state index contributed by atoms with van der Waals surface area (Å²) in [5, 5.41) is 3.16. The molecule has 0 unspecified atom stereocenters. The maximum atomic E-state index is 12.9. The van der Waals surface area contributed by atoms with Crippen molar-refractivity contribution < 1.29 is 0 Å². The molecule has 4 nitrogen and oxygen atoms in total. The van der Waals surface area contributed by atoms with Crippen molar-refractivity contribution in [1.82, 2.24) is 9.78 Å². The molecule has 0 saturated heterocycles. The summed E-state index contributed by atoms with van der Waals surface area (Å²) < 4.78 is 3.65. The quantitative estimate of drug-likeness (QED) is 0.486. The summed E-state index contributed by atoms with van der Waals surface area (Å²) in [7, 11) is 0. The third kappa shape index (κ3) is 3.48. The van der Waals surface area contributed by atoms with Gasteiger partial charge < -0.3 is 0 Å². The van der Waals surface area contributed by atoms with E-state index in [9.17, 15) is 4.79 Å². The first-order valence-electron chi connectivity index (χ1n) is 8.17. The van der Waals surface area contributed by atoms with Gasteiger partial charge in [0.25, 0.3) is 5.56 Å². The number of aliphatic imine (C=N–C) groups is 1. The average molecular weight is 477 g/mol. The lowest BCUT2D eigenvalue weighted by atomic mass is 10.1. The highest BCUT2D eigenvalue weighted by Gasteiger charge is 2.14. The number of benzene rings is 2. The van der Waals surface area contributed by atoms with Crippen molar-refractivity contribution in [2.24, 2.45) is 4.99 Å². The van der Waals surface area contributed by atoms with Crippen molar-refractivity contribution in [2.75, 3.05) is 0 Å². The number of nitrogens with zero attached hydrogens (tertiary/aromatic N) is 2. The summed E-state index contributed by atoms with van der Waals surface area (Å²) in [6.07, 6.45) is 1.63. The van der Waals surface area contributed by atoms with E-state index in [1.165, 1.54) is 0 Å². The Morgan fingerprint density at radius 3 is 2.38 bits per heavy atom. The van der Waals surface area contributed by atoms with Crippen LogP contribution in [0.5, 0.6) is 0 Å². The number of nitrogens with one attached hydrogen (secondary N) is 1. The monoisotopic (exact) mass is 475 g/mol. The predicted octanol–water partition coefficient (Wildman–Crippen LogP) is 5.67. The smallest absolute Gasteiger partial charge is 0.280 e. The van der Waals surface area contributed by atoms with E-state index in [1.807, 2.05) is 58.0 Å². The molecule has 0 aliphatic carbocycles. The van der Waals surface area contributed by atoms with E-state index in [-0.39, 0.29) is 5.56 Å². The highest BCUT2D eigenvalue weighted by molar-refractivity contribution is 9.10. The second-order valence-corrected chi connectivity index (χ2v) is 8.01. The Morgan fingerprint density at radius 1 is 1.00 bits per heavy atom. The van der Waals surface area contributed by atoms with Gasteiger partial charge in [-0.15, -0.1) is 0 Å². The molecule has 26 heavy (non-hydrogen) atoms. The minimum Gasteiger partial charge on any atom is -0.295 e. The van der Waals surface area contributed by atoms with E-state index in [4.69, 9.17) is 0 Å². The van der Waals surface area contributed by atoms with E-state index in [0.717, 1.165) is 42.7 Å². The summed E-state index contributed by atoms with van der Waals surface area (Å²) in [4.78, 5) is 17.4. The van der Waals surface area contributed by atoms with Crippen molar-refractivity contribution in [3.8, 4) is 5.69 Å². The molecule has 134 valence electrons. The van der Waals surface area contributed by atoms with E-state index in [2.05, 4.69) is 42.0 Å². The normalized spacial score (nSPS) is 11.5. The fourth-order valence-electron chi connectivity index (χ4n) is 2.75. The molecule has 1 heterocycles. The Morgan fingerprint density at radius 2 is 1.69 bits per heavy atom. The number of halogens is 2. The van der Waals surface area contributed by atoms with Crippen LogP contribution in [0.4, 0.5) is 5.69 Å². The summed E-state index contributed by atoms with van der Waals surface area (Å²) in [5.41, 5.74) is 6.16. The van der Waals surface area contributed by atoms with E-state index >= 15 is 0 Å². The van der Waals surface area contributed by atoms with E-state index in [1.54, 1.807) is 10.9 Å². The van der Waals surface area contributed by atoms with Crippen LogP contribution in [-0.2, 0) is 0 Å². The molecular formula is C20H19Br2N3O.